The maximum atomic E-state index is 12.1. The Bertz CT molecular complexity index is 468. The van der Waals surface area contributed by atoms with Gasteiger partial charge in [0.25, 0.3) is 0 Å². The van der Waals surface area contributed by atoms with E-state index in [2.05, 4.69) is 11.4 Å². The van der Waals surface area contributed by atoms with Crippen LogP contribution in [0.3, 0.4) is 0 Å². The van der Waals surface area contributed by atoms with Gasteiger partial charge in [-0.05, 0) is 32.1 Å². The lowest BCUT2D eigenvalue weighted by Crippen LogP contribution is -2.29. The lowest BCUT2D eigenvalue weighted by Gasteiger charge is -2.12. The van der Waals surface area contributed by atoms with E-state index in [1.165, 1.54) is 19.3 Å². The van der Waals surface area contributed by atoms with Gasteiger partial charge >= 0.3 is 5.97 Å². The predicted molar refractivity (Wildman–Crippen MR) is 109 cm³/mol. The van der Waals surface area contributed by atoms with Crippen molar-refractivity contribution in [2.24, 2.45) is 0 Å². The number of rotatable bonds is 17. The average Bonchev–Trinajstić information content (AvgIpc) is 2.67. The number of hydrogen-bond acceptors (Lipinski definition) is 6. The molecule has 1 rings (SSSR count). The van der Waals surface area contributed by atoms with Crippen LogP contribution in [-0.2, 0) is 28.5 Å². The van der Waals surface area contributed by atoms with Crippen molar-refractivity contribution < 1.29 is 33.6 Å². The Morgan fingerprint density at radius 1 is 0.828 bits per heavy atom. The van der Waals surface area contributed by atoms with E-state index in [1.54, 1.807) is 0 Å². The molecule has 1 amide bonds. The summed E-state index contributed by atoms with van der Waals surface area (Å²) in [4.78, 5) is 22.4. The van der Waals surface area contributed by atoms with E-state index in [0.29, 0.717) is 65.8 Å². The van der Waals surface area contributed by atoms with Crippen molar-refractivity contribution in [1.29, 1.82) is 0 Å². The summed E-state index contributed by atoms with van der Waals surface area (Å²) >= 11 is 0. The van der Waals surface area contributed by atoms with Gasteiger partial charge in [0, 0.05) is 25.1 Å². The molecule has 2 N–H and O–H groups in total. The van der Waals surface area contributed by atoms with Crippen molar-refractivity contribution in [3.8, 4) is 0 Å². The van der Waals surface area contributed by atoms with Gasteiger partial charge in [0.1, 0.15) is 0 Å². The molecule has 0 fully saturated rings. The Balaban J connectivity index is 1.81. The van der Waals surface area contributed by atoms with Crippen LogP contribution in [0.1, 0.15) is 51.4 Å². The molecule has 0 spiro atoms. The van der Waals surface area contributed by atoms with Crippen molar-refractivity contribution >= 4 is 11.9 Å². The van der Waals surface area contributed by atoms with E-state index in [9.17, 15) is 9.59 Å². The summed E-state index contributed by atoms with van der Waals surface area (Å²) in [6.07, 6.45) is 9.33. The monoisotopic (exact) mass is 415 g/mol. The fourth-order valence-electron chi connectivity index (χ4n) is 2.84. The first-order valence-corrected chi connectivity index (χ1v) is 10.7. The molecule has 0 aromatic carbocycles. The number of aliphatic carboxylic acids is 1. The minimum atomic E-state index is -0.807. The standard InChI is InChI=1S/C21H37NO7/c23-20(24)9-6-11-26-13-15-28-17-18-29-16-14-27-12-10-22-21(25)19-7-4-2-1-3-5-8-19/h7H,1-6,8-18H2,(H,22,25)(H,23,24)/b19-7+. The van der Waals surface area contributed by atoms with E-state index in [0.717, 1.165) is 24.8 Å². The highest BCUT2D eigenvalue weighted by molar-refractivity contribution is 5.93. The van der Waals surface area contributed by atoms with Gasteiger partial charge in [0.15, 0.2) is 0 Å². The van der Waals surface area contributed by atoms with Crippen LogP contribution >= 0.6 is 0 Å². The summed E-state index contributed by atoms with van der Waals surface area (Å²) in [5, 5.41) is 11.4. The number of hydrogen-bond donors (Lipinski definition) is 2. The zero-order valence-corrected chi connectivity index (χ0v) is 17.5. The molecule has 0 unspecified atom stereocenters. The van der Waals surface area contributed by atoms with Crippen molar-refractivity contribution in [3.05, 3.63) is 11.6 Å². The minimum absolute atomic E-state index is 0.0368. The van der Waals surface area contributed by atoms with Gasteiger partial charge in [-0.3, -0.25) is 9.59 Å². The Kier molecular flexibility index (Phi) is 16.3. The molecule has 0 aliphatic heterocycles. The van der Waals surface area contributed by atoms with Crippen molar-refractivity contribution in [2.45, 2.75) is 51.4 Å². The van der Waals surface area contributed by atoms with Gasteiger partial charge in [-0.25, -0.2) is 0 Å². The molecule has 0 heterocycles. The third kappa shape index (κ3) is 16.0. The second-order valence-electron chi connectivity index (χ2n) is 6.88. The smallest absolute Gasteiger partial charge is 0.303 e. The predicted octanol–water partition coefficient (Wildman–Crippen LogP) is 2.31. The van der Waals surface area contributed by atoms with E-state index in [4.69, 9.17) is 24.1 Å². The highest BCUT2D eigenvalue weighted by Crippen LogP contribution is 2.16. The number of carboxylic acid groups (broad SMARTS) is 1. The quantitative estimate of drug-likeness (QED) is 0.351. The number of allylic oxidation sites excluding steroid dienone is 1. The number of carboxylic acids is 1. The highest BCUT2D eigenvalue weighted by atomic mass is 16.6. The van der Waals surface area contributed by atoms with Gasteiger partial charge in [0.05, 0.1) is 46.2 Å². The molecule has 8 nitrogen and oxygen atoms in total. The van der Waals surface area contributed by atoms with Gasteiger partial charge in [0.2, 0.25) is 5.91 Å². The van der Waals surface area contributed by atoms with Crippen LogP contribution in [-0.4, -0.2) is 76.4 Å². The van der Waals surface area contributed by atoms with Gasteiger partial charge < -0.3 is 29.4 Å². The SMILES string of the molecule is O=C(O)CCCOCCOCCOCCOCCNC(=O)/C1=C/CCCCCC1. The van der Waals surface area contributed by atoms with E-state index in [-0.39, 0.29) is 12.3 Å². The average molecular weight is 416 g/mol. The molecule has 0 aromatic heterocycles. The molecule has 0 bridgehead atoms. The molecule has 1 aliphatic carbocycles. The molecule has 0 aromatic rings. The number of nitrogens with one attached hydrogen (secondary N) is 1. The Morgan fingerprint density at radius 3 is 2.07 bits per heavy atom. The maximum Gasteiger partial charge on any atom is 0.303 e. The van der Waals surface area contributed by atoms with Crippen molar-refractivity contribution in [2.75, 3.05) is 59.4 Å². The molecule has 29 heavy (non-hydrogen) atoms. The van der Waals surface area contributed by atoms with Gasteiger partial charge in [-0.1, -0.05) is 18.9 Å². The van der Waals surface area contributed by atoms with Gasteiger partial charge in [-0.15, -0.1) is 0 Å². The fraction of sp³-hybridized carbons (Fsp3) is 0.810. The third-order valence-corrected chi connectivity index (χ3v) is 4.41. The van der Waals surface area contributed by atoms with Crippen LogP contribution in [0, 0.1) is 0 Å². The van der Waals surface area contributed by atoms with Crippen LogP contribution < -0.4 is 5.32 Å². The van der Waals surface area contributed by atoms with Crippen molar-refractivity contribution in [1.82, 2.24) is 5.32 Å². The summed E-state index contributed by atoms with van der Waals surface area (Å²) in [6, 6.07) is 0. The summed E-state index contributed by atoms with van der Waals surface area (Å²) in [5.74, 6) is -0.770. The summed E-state index contributed by atoms with van der Waals surface area (Å²) < 4.78 is 21.5. The Labute approximate surface area is 173 Å². The normalized spacial score (nSPS) is 16.5. The zero-order chi connectivity index (χ0) is 21.0. The molecule has 1 aliphatic rings. The highest BCUT2D eigenvalue weighted by Gasteiger charge is 2.10. The fourth-order valence-corrected chi connectivity index (χ4v) is 2.84. The lowest BCUT2D eigenvalue weighted by atomic mass is 9.99. The lowest BCUT2D eigenvalue weighted by molar-refractivity contribution is -0.137. The van der Waals surface area contributed by atoms with E-state index < -0.39 is 5.97 Å². The number of ether oxygens (including phenoxy) is 4. The summed E-state index contributed by atoms with van der Waals surface area (Å²) in [6.45, 7) is 4.23. The number of amides is 1. The van der Waals surface area contributed by atoms with E-state index in [1.807, 2.05) is 0 Å². The second kappa shape index (κ2) is 18.5. The largest absolute Gasteiger partial charge is 0.481 e. The minimum Gasteiger partial charge on any atom is -0.481 e. The molecule has 8 heteroatoms. The first-order chi connectivity index (χ1) is 14.2. The Morgan fingerprint density at radius 2 is 1.41 bits per heavy atom. The van der Waals surface area contributed by atoms with Crippen LogP contribution in [0.2, 0.25) is 0 Å². The van der Waals surface area contributed by atoms with E-state index >= 15 is 0 Å². The molecule has 0 atom stereocenters. The molecular weight excluding hydrogens is 378 g/mol. The van der Waals surface area contributed by atoms with Crippen molar-refractivity contribution in [3.63, 3.8) is 0 Å². The van der Waals surface area contributed by atoms with Crippen LogP contribution in [0.15, 0.2) is 11.6 Å². The summed E-state index contributed by atoms with van der Waals surface area (Å²) in [5.41, 5.74) is 0.915. The molecule has 0 saturated heterocycles. The first kappa shape index (κ1) is 25.6. The second-order valence-corrected chi connectivity index (χ2v) is 6.88. The van der Waals surface area contributed by atoms with Gasteiger partial charge in [-0.2, -0.15) is 0 Å². The first-order valence-electron chi connectivity index (χ1n) is 10.7. The third-order valence-electron chi connectivity index (χ3n) is 4.41. The topological polar surface area (TPSA) is 103 Å². The zero-order valence-electron chi connectivity index (χ0n) is 17.5. The van der Waals surface area contributed by atoms with Crippen LogP contribution in [0.5, 0.6) is 0 Å². The molecular formula is C21H37NO7. The number of carbonyl (C=O) groups excluding carboxylic acids is 1. The summed E-state index contributed by atoms with van der Waals surface area (Å²) in [7, 11) is 0. The Hall–Kier alpha value is -1.48. The molecule has 168 valence electrons. The van der Waals surface area contributed by atoms with Crippen LogP contribution in [0.4, 0.5) is 0 Å². The maximum absolute atomic E-state index is 12.1. The molecule has 0 saturated carbocycles. The van der Waals surface area contributed by atoms with Crippen LogP contribution in [0.25, 0.3) is 0 Å². The molecule has 0 radical (unpaired) electrons. The number of carbonyl (C=O) groups is 2.